The molecule has 1 fully saturated rings. The Bertz CT molecular complexity index is 608. The first kappa shape index (κ1) is 19.2. The number of carbonyl (C=O) groups is 2. The summed E-state index contributed by atoms with van der Waals surface area (Å²) in [5, 5.41) is 12.0. The lowest BCUT2D eigenvalue weighted by Crippen LogP contribution is -2.33. The molecule has 25 heavy (non-hydrogen) atoms. The van der Waals surface area contributed by atoms with Crippen molar-refractivity contribution in [2.75, 3.05) is 5.32 Å². The molecule has 2 rings (SSSR count). The first-order chi connectivity index (χ1) is 11.9. The molecule has 1 unspecified atom stereocenters. The minimum Gasteiger partial charge on any atom is -0.489 e. The van der Waals surface area contributed by atoms with Gasteiger partial charge in [0.15, 0.2) is 0 Å². The average molecular weight is 349 g/mol. The maximum Gasteiger partial charge on any atom is 0.335 e. The molecule has 1 aromatic rings. The molecule has 1 aliphatic carbocycles. The van der Waals surface area contributed by atoms with E-state index in [1.54, 1.807) is 6.07 Å². The van der Waals surface area contributed by atoms with E-state index >= 15 is 0 Å². The summed E-state index contributed by atoms with van der Waals surface area (Å²) in [5.41, 5.74) is 0.447. The van der Waals surface area contributed by atoms with Gasteiger partial charge in [0.1, 0.15) is 11.9 Å². The van der Waals surface area contributed by atoms with Crippen molar-refractivity contribution in [3.8, 4) is 5.75 Å². The number of nitrogens with one attached hydrogen (secondary N) is 1. The molecule has 138 valence electrons. The molecule has 0 aromatic heterocycles. The first-order valence-corrected chi connectivity index (χ1v) is 8.91. The van der Waals surface area contributed by atoms with E-state index in [2.05, 4.69) is 5.32 Å². The SMILES string of the molecule is CCC(OC1CCCC1)C(=O)Nc1cc(C(=O)O)ccc1OC(C)C. The smallest absolute Gasteiger partial charge is 0.335 e. The fourth-order valence-electron chi connectivity index (χ4n) is 2.93. The Morgan fingerprint density at radius 3 is 2.52 bits per heavy atom. The van der Waals surface area contributed by atoms with Gasteiger partial charge in [-0.15, -0.1) is 0 Å². The molecule has 6 nitrogen and oxygen atoms in total. The van der Waals surface area contributed by atoms with Crippen molar-refractivity contribution in [2.24, 2.45) is 0 Å². The second-order valence-corrected chi connectivity index (χ2v) is 6.61. The molecule has 0 saturated heterocycles. The molecule has 0 radical (unpaired) electrons. The Morgan fingerprint density at radius 2 is 1.96 bits per heavy atom. The number of hydrogen-bond acceptors (Lipinski definition) is 4. The van der Waals surface area contributed by atoms with Gasteiger partial charge in [0.05, 0.1) is 23.5 Å². The third-order valence-corrected chi connectivity index (χ3v) is 4.17. The zero-order chi connectivity index (χ0) is 18.4. The summed E-state index contributed by atoms with van der Waals surface area (Å²) in [5.74, 6) is -0.879. The van der Waals surface area contributed by atoms with Gasteiger partial charge in [-0.25, -0.2) is 4.79 Å². The van der Waals surface area contributed by atoms with Crippen molar-refractivity contribution >= 4 is 17.6 Å². The highest BCUT2D eigenvalue weighted by Crippen LogP contribution is 2.28. The van der Waals surface area contributed by atoms with Gasteiger partial charge >= 0.3 is 5.97 Å². The zero-order valence-corrected chi connectivity index (χ0v) is 15.1. The highest BCUT2D eigenvalue weighted by atomic mass is 16.5. The molecule has 1 aromatic carbocycles. The number of carbonyl (C=O) groups excluding carboxylic acids is 1. The Kier molecular flexibility index (Phi) is 6.82. The molecule has 1 atom stereocenters. The number of hydrogen-bond donors (Lipinski definition) is 2. The van der Waals surface area contributed by atoms with Gasteiger partial charge < -0.3 is 19.9 Å². The molecule has 2 N–H and O–H groups in total. The number of carboxylic acids is 1. The average Bonchev–Trinajstić information content (AvgIpc) is 3.06. The highest BCUT2D eigenvalue weighted by Gasteiger charge is 2.25. The van der Waals surface area contributed by atoms with Crippen LogP contribution in [-0.2, 0) is 9.53 Å². The van der Waals surface area contributed by atoms with Crippen molar-refractivity contribution in [3.63, 3.8) is 0 Å². The van der Waals surface area contributed by atoms with Crippen LogP contribution in [0.2, 0.25) is 0 Å². The summed E-state index contributed by atoms with van der Waals surface area (Å²) in [6.07, 6.45) is 4.28. The molecule has 1 saturated carbocycles. The number of amides is 1. The van der Waals surface area contributed by atoms with Crippen LogP contribution >= 0.6 is 0 Å². The number of anilines is 1. The molecule has 0 aliphatic heterocycles. The van der Waals surface area contributed by atoms with E-state index in [1.807, 2.05) is 20.8 Å². The van der Waals surface area contributed by atoms with E-state index in [0.717, 1.165) is 25.7 Å². The molecular weight excluding hydrogens is 322 g/mol. The first-order valence-electron chi connectivity index (χ1n) is 8.91. The summed E-state index contributed by atoms with van der Waals surface area (Å²) in [4.78, 5) is 23.8. The third kappa shape index (κ3) is 5.46. The van der Waals surface area contributed by atoms with E-state index in [9.17, 15) is 14.7 Å². The lowest BCUT2D eigenvalue weighted by Gasteiger charge is -2.21. The van der Waals surface area contributed by atoms with Gasteiger partial charge in [-0.2, -0.15) is 0 Å². The van der Waals surface area contributed by atoms with Gasteiger partial charge in [-0.3, -0.25) is 4.79 Å². The maximum absolute atomic E-state index is 12.6. The largest absolute Gasteiger partial charge is 0.489 e. The van der Waals surface area contributed by atoms with Crippen molar-refractivity contribution in [1.82, 2.24) is 0 Å². The monoisotopic (exact) mass is 349 g/mol. The normalized spacial score (nSPS) is 16.0. The number of ether oxygens (including phenoxy) is 2. The van der Waals surface area contributed by atoms with Crippen molar-refractivity contribution < 1.29 is 24.2 Å². The number of aromatic carboxylic acids is 1. The third-order valence-electron chi connectivity index (χ3n) is 4.17. The van der Waals surface area contributed by atoms with Gasteiger partial charge in [-0.05, 0) is 51.3 Å². The van der Waals surface area contributed by atoms with Gasteiger partial charge in [0.2, 0.25) is 0 Å². The van der Waals surface area contributed by atoms with Crippen LogP contribution in [0.1, 0.15) is 63.2 Å². The molecule has 1 aliphatic rings. The highest BCUT2D eigenvalue weighted by molar-refractivity contribution is 5.97. The summed E-state index contributed by atoms with van der Waals surface area (Å²) < 4.78 is 11.6. The van der Waals surface area contributed by atoms with Crippen LogP contribution in [0.4, 0.5) is 5.69 Å². The van der Waals surface area contributed by atoms with Crippen LogP contribution < -0.4 is 10.1 Å². The molecule has 1 amide bonds. The number of rotatable bonds is 8. The van der Waals surface area contributed by atoms with Crippen LogP contribution in [0.25, 0.3) is 0 Å². The quantitative estimate of drug-likeness (QED) is 0.745. The standard InChI is InChI=1S/C19H27NO5/c1-4-16(25-14-7-5-6-8-14)18(21)20-15-11-13(19(22)23)9-10-17(15)24-12(2)3/h9-12,14,16H,4-8H2,1-3H3,(H,20,21)(H,22,23). The van der Waals surface area contributed by atoms with E-state index in [4.69, 9.17) is 9.47 Å². The second kappa shape index (κ2) is 8.85. The van der Waals surface area contributed by atoms with Crippen LogP contribution in [0.15, 0.2) is 18.2 Å². The minimum absolute atomic E-state index is 0.0937. The number of carboxylic acid groups (broad SMARTS) is 1. The summed E-state index contributed by atoms with van der Waals surface area (Å²) in [6, 6.07) is 4.44. The van der Waals surface area contributed by atoms with E-state index in [0.29, 0.717) is 17.9 Å². The van der Waals surface area contributed by atoms with Gasteiger partial charge in [0, 0.05) is 0 Å². The minimum atomic E-state index is -1.05. The van der Waals surface area contributed by atoms with Gasteiger partial charge in [-0.1, -0.05) is 19.8 Å². The molecule has 0 heterocycles. The van der Waals surface area contributed by atoms with Crippen LogP contribution in [0.5, 0.6) is 5.75 Å². The van der Waals surface area contributed by atoms with Crippen molar-refractivity contribution in [1.29, 1.82) is 0 Å². The van der Waals surface area contributed by atoms with Crippen LogP contribution in [-0.4, -0.2) is 35.3 Å². The Labute approximate surface area is 148 Å². The molecule has 6 heteroatoms. The summed E-state index contributed by atoms with van der Waals surface area (Å²) in [6.45, 7) is 5.64. The van der Waals surface area contributed by atoms with E-state index in [-0.39, 0.29) is 23.7 Å². The van der Waals surface area contributed by atoms with Crippen molar-refractivity contribution in [3.05, 3.63) is 23.8 Å². The fourth-order valence-corrected chi connectivity index (χ4v) is 2.93. The topological polar surface area (TPSA) is 84.9 Å². The lowest BCUT2D eigenvalue weighted by molar-refractivity contribution is -0.131. The maximum atomic E-state index is 12.6. The van der Waals surface area contributed by atoms with Crippen molar-refractivity contribution in [2.45, 2.75) is 71.2 Å². The molecule has 0 bridgehead atoms. The Morgan fingerprint density at radius 1 is 1.28 bits per heavy atom. The molecular formula is C19H27NO5. The lowest BCUT2D eigenvalue weighted by atomic mass is 10.1. The summed E-state index contributed by atoms with van der Waals surface area (Å²) in [7, 11) is 0. The number of benzene rings is 1. The predicted octanol–water partition coefficient (Wildman–Crippen LogP) is 3.85. The predicted molar refractivity (Wildman–Crippen MR) is 95.2 cm³/mol. The second-order valence-electron chi connectivity index (χ2n) is 6.61. The van der Waals surface area contributed by atoms with E-state index < -0.39 is 12.1 Å². The summed E-state index contributed by atoms with van der Waals surface area (Å²) >= 11 is 0. The van der Waals surface area contributed by atoms with Crippen LogP contribution in [0.3, 0.4) is 0 Å². The van der Waals surface area contributed by atoms with Gasteiger partial charge in [0.25, 0.3) is 5.91 Å². The van der Waals surface area contributed by atoms with Crippen LogP contribution in [0, 0.1) is 0 Å². The molecule has 0 spiro atoms. The fraction of sp³-hybridized carbons (Fsp3) is 0.579. The zero-order valence-electron chi connectivity index (χ0n) is 15.1. The van der Waals surface area contributed by atoms with E-state index in [1.165, 1.54) is 12.1 Å². The Hall–Kier alpha value is -2.08. The Balaban J connectivity index is 2.15.